The maximum atomic E-state index is 11.8. The second-order valence-electron chi connectivity index (χ2n) is 4.02. The van der Waals surface area contributed by atoms with E-state index in [9.17, 15) is 9.59 Å². The summed E-state index contributed by atoms with van der Waals surface area (Å²) in [5.41, 5.74) is 0.138. The first kappa shape index (κ1) is 12.8. The molecule has 0 spiro atoms. The van der Waals surface area contributed by atoms with Crippen molar-refractivity contribution in [1.82, 2.24) is 19.6 Å². The van der Waals surface area contributed by atoms with Crippen LogP contribution in [-0.4, -0.2) is 36.5 Å². The van der Waals surface area contributed by atoms with Gasteiger partial charge >= 0.3 is 5.97 Å². The van der Waals surface area contributed by atoms with Gasteiger partial charge in [-0.05, 0) is 13.0 Å². The average molecular weight is 263 g/mol. The van der Waals surface area contributed by atoms with Gasteiger partial charge in [-0.3, -0.25) is 14.2 Å². The van der Waals surface area contributed by atoms with Gasteiger partial charge in [-0.25, -0.2) is 4.79 Å². The van der Waals surface area contributed by atoms with E-state index in [0.29, 0.717) is 5.82 Å². The number of hydrogen-bond donors (Lipinski definition) is 2. The molecule has 8 heteroatoms. The van der Waals surface area contributed by atoms with Crippen LogP contribution in [0.3, 0.4) is 0 Å². The van der Waals surface area contributed by atoms with Gasteiger partial charge in [-0.1, -0.05) is 0 Å². The van der Waals surface area contributed by atoms with Crippen molar-refractivity contribution in [3.05, 3.63) is 30.2 Å². The SMILES string of the molecule is CC(C(=O)O)n1ccc(C(=O)Nc2ccn(C)n2)n1. The van der Waals surface area contributed by atoms with Crippen molar-refractivity contribution in [2.24, 2.45) is 7.05 Å². The molecule has 19 heavy (non-hydrogen) atoms. The first-order chi connectivity index (χ1) is 8.97. The molecule has 0 saturated heterocycles. The summed E-state index contributed by atoms with van der Waals surface area (Å²) >= 11 is 0. The predicted octanol–water partition coefficient (Wildman–Crippen LogP) is 0.514. The lowest BCUT2D eigenvalue weighted by Crippen LogP contribution is -2.18. The number of aryl methyl sites for hydroxylation is 1. The van der Waals surface area contributed by atoms with Gasteiger partial charge in [0.1, 0.15) is 6.04 Å². The number of aromatic nitrogens is 4. The Bertz CT molecular complexity index is 615. The summed E-state index contributed by atoms with van der Waals surface area (Å²) in [5.74, 6) is -1.04. The number of aliphatic carboxylic acids is 1. The Morgan fingerprint density at radius 3 is 2.63 bits per heavy atom. The molecule has 1 amide bonds. The quantitative estimate of drug-likeness (QED) is 0.837. The predicted molar refractivity (Wildman–Crippen MR) is 65.7 cm³/mol. The van der Waals surface area contributed by atoms with Gasteiger partial charge in [-0.2, -0.15) is 10.2 Å². The Hall–Kier alpha value is -2.64. The number of nitrogens with zero attached hydrogens (tertiary/aromatic N) is 4. The number of nitrogens with one attached hydrogen (secondary N) is 1. The normalized spacial score (nSPS) is 12.1. The molecule has 0 bridgehead atoms. The van der Waals surface area contributed by atoms with Crippen LogP contribution < -0.4 is 5.32 Å². The van der Waals surface area contributed by atoms with Gasteiger partial charge in [0.05, 0.1) is 0 Å². The summed E-state index contributed by atoms with van der Waals surface area (Å²) in [6.45, 7) is 1.48. The molecule has 0 aliphatic carbocycles. The Morgan fingerprint density at radius 2 is 2.05 bits per heavy atom. The third kappa shape index (κ3) is 2.79. The molecule has 2 rings (SSSR count). The number of carboxylic acid groups (broad SMARTS) is 1. The van der Waals surface area contributed by atoms with Crippen LogP contribution in [0.1, 0.15) is 23.5 Å². The van der Waals surface area contributed by atoms with Crippen molar-refractivity contribution in [1.29, 1.82) is 0 Å². The molecule has 0 saturated carbocycles. The molecule has 0 aliphatic rings. The van der Waals surface area contributed by atoms with Crippen molar-refractivity contribution in [2.45, 2.75) is 13.0 Å². The summed E-state index contributed by atoms with van der Waals surface area (Å²) in [6.07, 6.45) is 3.15. The Morgan fingerprint density at radius 1 is 1.32 bits per heavy atom. The second-order valence-corrected chi connectivity index (χ2v) is 4.02. The maximum Gasteiger partial charge on any atom is 0.328 e. The van der Waals surface area contributed by atoms with Crippen LogP contribution in [0.2, 0.25) is 0 Å². The monoisotopic (exact) mass is 263 g/mol. The molecule has 8 nitrogen and oxygen atoms in total. The number of carbonyl (C=O) groups is 2. The first-order valence-corrected chi connectivity index (χ1v) is 5.56. The molecule has 100 valence electrons. The van der Waals surface area contributed by atoms with Crippen LogP contribution in [0, 0.1) is 0 Å². The summed E-state index contributed by atoms with van der Waals surface area (Å²) in [4.78, 5) is 22.6. The highest BCUT2D eigenvalue weighted by Gasteiger charge is 2.17. The molecule has 0 aromatic carbocycles. The van der Waals surface area contributed by atoms with Crippen LogP contribution in [0.5, 0.6) is 0 Å². The average Bonchev–Trinajstić information content (AvgIpc) is 2.97. The number of carboxylic acids is 1. The van der Waals surface area contributed by atoms with Crippen LogP contribution in [0.4, 0.5) is 5.82 Å². The number of carbonyl (C=O) groups excluding carboxylic acids is 1. The summed E-state index contributed by atoms with van der Waals surface area (Å²) in [6, 6.07) is 2.28. The molecule has 1 atom stereocenters. The minimum atomic E-state index is -1.01. The number of amides is 1. The number of anilines is 1. The van der Waals surface area contributed by atoms with E-state index in [1.807, 2.05) is 0 Å². The fraction of sp³-hybridized carbons (Fsp3) is 0.273. The smallest absolute Gasteiger partial charge is 0.328 e. The van der Waals surface area contributed by atoms with E-state index in [0.717, 1.165) is 0 Å². The van der Waals surface area contributed by atoms with E-state index in [4.69, 9.17) is 5.11 Å². The Labute approximate surface area is 108 Å². The highest BCUT2D eigenvalue weighted by Crippen LogP contribution is 2.08. The zero-order chi connectivity index (χ0) is 14.0. The second kappa shape index (κ2) is 4.92. The summed E-state index contributed by atoms with van der Waals surface area (Å²) in [7, 11) is 1.74. The third-order valence-electron chi connectivity index (χ3n) is 2.55. The van der Waals surface area contributed by atoms with Gasteiger partial charge in [0.2, 0.25) is 0 Å². The van der Waals surface area contributed by atoms with E-state index >= 15 is 0 Å². The zero-order valence-electron chi connectivity index (χ0n) is 10.4. The lowest BCUT2D eigenvalue weighted by molar-refractivity contribution is -0.140. The molecule has 2 heterocycles. The zero-order valence-corrected chi connectivity index (χ0v) is 10.4. The van der Waals surface area contributed by atoms with E-state index in [2.05, 4.69) is 15.5 Å². The van der Waals surface area contributed by atoms with Crippen molar-refractivity contribution >= 4 is 17.7 Å². The molecular formula is C11H13N5O3. The first-order valence-electron chi connectivity index (χ1n) is 5.56. The van der Waals surface area contributed by atoms with Gasteiger partial charge in [-0.15, -0.1) is 0 Å². The van der Waals surface area contributed by atoms with Gasteiger partial charge in [0.25, 0.3) is 5.91 Å². The largest absolute Gasteiger partial charge is 0.480 e. The third-order valence-corrected chi connectivity index (χ3v) is 2.55. The van der Waals surface area contributed by atoms with Crippen LogP contribution in [0.25, 0.3) is 0 Å². The van der Waals surface area contributed by atoms with Crippen molar-refractivity contribution in [3.8, 4) is 0 Å². The molecular weight excluding hydrogens is 250 g/mol. The molecule has 2 aromatic heterocycles. The number of hydrogen-bond acceptors (Lipinski definition) is 4. The van der Waals surface area contributed by atoms with Crippen LogP contribution in [0.15, 0.2) is 24.5 Å². The van der Waals surface area contributed by atoms with Crippen molar-refractivity contribution in [2.75, 3.05) is 5.32 Å². The van der Waals surface area contributed by atoms with E-state index < -0.39 is 17.9 Å². The topological polar surface area (TPSA) is 102 Å². The molecule has 2 aromatic rings. The fourth-order valence-electron chi connectivity index (χ4n) is 1.45. The Balaban J connectivity index is 2.10. The standard InChI is InChI=1S/C11H13N5O3/c1-7(11(18)19)16-6-3-8(13-16)10(17)12-9-4-5-15(2)14-9/h3-7H,1-2H3,(H,18,19)(H,12,14,17). The van der Waals surface area contributed by atoms with Gasteiger partial charge < -0.3 is 10.4 Å². The highest BCUT2D eigenvalue weighted by atomic mass is 16.4. The van der Waals surface area contributed by atoms with Crippen molar-refractivity contribution in [3.63, 3.8) is 0 Å². The van der Waals surface area contributed by atoms with Crippen molar-refractivity contribution < 1.29 is 14.7 Å². The lowest BCUT2D eigenvalue weighted by atomic mass is 10.3. The maximum absolute atomic E-state index is 11.8. The number of rotatable bonds is 4. The molecule has 0 aliphatic heterocycles. The highest BCUT2D eigenvalue weighted by molar-refractivity contribution is 6.02. The summed E-state index contributed by atoms with van der Waals surface area (Å²) in [5, 5.41) is 19.3. The molecule has 0 fully saturated rings. The van der Waals surface area contributed by atoms with E-state index in [-0.39, 0.29) is 5.69 Å². The van der Waals surface area contributed by atoms with Gasteiger partial charge in [0, 0.05) is 25.5 Å². The van der Waals surface area contributed by atoms with Crippen LogP contribution >= 0.6 is 0 Å². The van der Waals surface area contributed by atoms with E-state index in [1.54, 1.807) is 24.0 Å². The molecule has 2 N–H and O–H groups in total. The summed E-state index contributed by atoms with van der Waals surface area (Å²) < 4.78 is 2.77. The van der Waals surface area contributed by atoms with Crippen LogP contribution in [-0.2, 0) is 11.8 Å². The minimum absolute atomic E-state index is 0.138. The fourth-order valence-corrected chi connectivity index (χ4v) is 1.45. The molecule has 0 radical (unpaired) electrons. The lowest BCUT2D eigenvalue weighted by Gasteiger charge is -2.05. The van der Waals surface area contributed by atoms with Gasteiger partial charge in [0.15, 0.2) is 11.5 Å². The Kier molecular flexibility index (Phi) is 3.32. The molecule has 1 unspecified atom stereocenters. The minimum Gasteiger partial charge on any atom is -0.480 e. The van der Waals surface area contributed by atoms with E-state index in [1.165, 1.54) is 23.9 Å².